The quantitative estimate of drug-likeness (QED) is 0.837. The van der Waals surface area contributed by atoms with Gasteiger partial charge in [0.25, 0.3) is 5.91 Å². The van der Waals surface area contributed by atoms with Gasteiger partial charge in [-0.3, -0.25) is 9.48 Å². The molecule has 1 aromatic heterocycles. The maximum Gasteiger partial charge on any atom is 0.257 e. The Bertz CT molecular complexity index is 386. The van der Waals surface area contributed by atoms with E-state index in [2.05, 4.69) is 10.4 Å². The molecular weight excluding hydrogens is 216 g/mol. The fourth-order valence-electron chi connectivity index (χ4n) is 2.41. The summed E-state index contributed by atoms with van der Waals surface area (Å²) in [5.41, 5.74) is 0.690. The van der Waals surface area contributed by atoms with E-state index in [1.807, 2.05) is 19.0 Å². The van der Waals surface area contributed by atoms with Gasteiger partial charge in [-0.2, -0.15) is 5.10 Å². The minimum Gasteiger partial charge on any atom is -0.334 e. The lowest BCUT2D eigenvalue weighted by Gasteiger charge is -2.35. The summed E-state index contributed by atoms with van der Waals surface area (Å²) in [4.78, 5) is 14.3. The van der Waals surface area contributed by atoms with Crippen LogP contribution in [-0.2, 0) is 7.05 Å². The lowest BCUT2D eigenvalue weighted by atomic mass is 10.0. The molecule has 1 aliphatic rings. The summed E-state index contributed by atoms with van der Waals surface area (Å²) in [6.07, 6.45) is 6.84. The van der Waals surface area contributed by atoms with Crippen LogP contribution in [0.1, 0.15) is 29.6 Å². The molecule has 5 heteroatoms. The number of amides is 1. The van der Waals surface area contributed by atoms with Gasteiger partial charge in [-0.05, 0) is 26.3 Å². The van der Waals surface area contributed by atoms with Gasteiger partial charge in [-0.25, -0.2) is 0 Å². The number of carbonyl (C=O) groups excluding carboxylic acids is 1. The molecule has 0 saturated carbocycles. The van der Waals surface area contributed by atoms with E-state index < -0.39 is 0 Å². The highest BCUT2D eigenvalue weighted by atomic mass is 16.2. The van der Waals surface area contributed by atoms with E-state index in [0.29, 0.717) is 11.6 Å². The SMILES string of the molecule is CNCC1CCCCN1C(=O)c1cnn(C)c1. The second kappa shape index (κ2) is 5.31. The third kappa shape index (κ3) is 2.66. The topological polar surface area (TPSA) is 50.2 Å². The van der Waals surface area contributed by atoms with Gasteiger partial charge in [-0.1, -0.05) is 0 Å². The van der Waals surface area contributed by atoms with Crippen LogP contribution in [0.2, 0.25) is 0 Å². The van der Waals surface area contributed by atoms with E-state index in [-0.39, 0.29) is 5.91 Å². The third-order valence-corrected chi connectivity index (χ3v) is 3.28. The van der Waals surface area contributed by atoms with Crippen LogP contribution in [0, 0.1) is 0 Å². The number of piperidine rings is 1. The first kappa shape index (κ1) is 12.1. The van der Waals surface area contributed by atoms with Crippen molar-refractivity contribution >= 4 is 5.91 Å². The van der Waals surface area contributed by atoms with E-state index in [4.69, 9.17) is 0 Å². The maximum absolute atomic E-state index is 12.3. The molecule has 17 heavy (non-hydrogen) atoms. The molecule has 2 heterocycles. The van der Waals surface area contributed by atoms with Crippen molar-refractivity contribution in [1.29, 1.82) is 0 Å². The van der Waals surface area contributed by atoms with Gasteiger partial charge in [0.2, 0.25) is 0 Å². The number of aryl methyl sites for hydroxylation is 1. The van der Waals surface area contributed by atoms with E-state index in [9.17, 15) is 4.79 Å². The average molecular weight is 236 g/mol. The smallest absolute Gasteiger partial charge is 0.257 e. The summed E-state index contributed by atoms with van der Waals surface area (Å²) in [5.74, 6) is 0.109. The lowest BCUT2D eigenvalue weighted by Crippen LogP contribution is -2.47. The molecule has 1 aliphatic heterocycles. The molecular formula is C12H20N4O. The zero-order valence-electron chi connectivity index (χ0n) is 10.5. The fraction of sp³-hybridized carbons (Fsp3) is 0.667. The Morgan fingerprint density at radius 3 is 3.06 bits per heavy atom. The van der Waals surface area contributed by atoms with Crippen molar-refractivity contribution in [3.63, 3.8) is 0 Å². The summed E-state index contributed by atoms with van der Waals surface area (Å²) in [7, 11) is 3.76. The Hall–Kier alpha value is -1.36. The molecule has 0 aromatic carbocycles. The van der Waals surface area contributed by atoms with Gasteiger partial charge in [-0.15, -0.1) is 0 Å². The van der Waals surface area contributed by atoms with Gasteiger partial charge in [0.05, 0.1) is 11.8 Å². The summed E-state index contributed by atoms with van der Waals surface area (Å²) in [5, 5.41) is 7.22. The van der Waals surface area contributed by atoms with Crippen molar-refractivity contribution in [2.45, 2.75) is 25.3 Å². The highest BCUT2D eigenvalue weighted by molar-refractivity contribution is 5.94. The molecule has 1 amide bonds. The minimum absolute atomic E-state index is 0.109. The van der Waals surface area contributed by atoms with Gasteiger partial charge >= 0.3 is 0 Å². The predicted molar refractivity (Wildman–Crippen MR) is 65.8 cm³/mol. The second-order valence-corrected chi connectivity index (χ2v) is 4.61. The van der Waals surface area contributed by atoms with Crippen LogP contribution in [0.5, 0.6) is 0 Å². The molecule has 2 rings (SSSR count). The van der Waals surface area contributed by atoms with Gasteiger partial charge in [0, 0.05) is 32.4 Å². The van der Waals surface area contributed by atoms with E-state index in [0.717, 1.165) is 25.9 Å². The van der Waals surface area contributed by atoms with Gasteiger partial charge < -0.3 is 10.2 Å². The highest BCUT2D eigenvalue weighted by Crippen LogP contribution is 2.19. The Balaban J connectivity index is 2.10. The van der Waals surface area contributed by atoms with Crippen LogP contribution in [0.15, 0.2) is 12.4 Å². The van der Waals surface area contributed by atoms with E-state index in [1.54, 1.807) is 17.1 Å². The van der Waals surface area contributed by atoms with Crippen LogP contribution < -0.4 is 5.32 Å². The van der Waals surface area contributed by atoms with Crippen LogP contribution in [0.3, 0.4) is 0 Å². The first-order chi connectivity index (χ1) is 8.22. The zero-order valence-corrected chi connectivity index (χ0v) is 10.5. The zero-order chi connectivity index (χ0) is 12.3. The molecule has 1 saturated heterocycles. The molecule has 1 aromatic rings. The van der Waals surface area contributed by atoms with Crippen LogP contribution >= 0.6 is 0 Å². The number of carbonyl (C=O) groups is 1. The molecule has 0 aliphatic carbocycles. The van der Waals surface area contributed by atoms with Crippen molar-refractivity contribution in [3.05, 3.63) is 18.0 Å². The van der Waals surface area contributed by atoms with Crippen molar-refractivity contribution in [2.24, 2.45) is 7.05 Å². The van der Waals surface area contributed by atoms with Crippen molar-refractivity contribution < 1.29 is 4.79 Å². The number of nitrogens with zero attached hydrogens (tertiary/aromatic N) is 3. The molecule has 0 radical (unpaired) electrons. The fourth-order valence-corrected chi connectivity index (χ4v) is 2.41. The summed E-state index contributed by atoms with van der Waals surface area (Å²) < 4.78 is 1.67. The standard InChI is InChI=1S/C12H20N4O/c1-13-8-11-5-3-4-6-16(11)12(17)10-7-14-15(2)9-10/h7,9,11,13H,3-6,8H2,1-2H3. The molecule has 0 spiro atoms. The third-order valence-electron chi connectivity index (χ3n) is 3.28. The molecule has 5 nitrogen and oxygen atoms in total. The van der Waals surface area contributed by atoms with Crippen molar-refractivity contribution in [3.8, 4) is 0 Å². The second-order valence-electron chi connectivity index (χ2n) is 4.61. The normalized spacial score (nSPS) is 20.6. The number of likely N-dealkylation sites (tertiary alicyclic amines) is 1. The number of hydrogen-bond donors (Lipinski definition) is 1. The largest absolute Gasteiger partial charge is 0.334 e. The van der Waals surface area contributed by atoms with Crippen LogP contribution in [0.25, 0.3) is 0 Å². The molecule has 94 valence electrons. The molecule has 1 N–H and O–H groups in total. The Morgan fingerprint density at radius 1 is 1.59 bits per heavy atom. The van der Waals surface area contributed by atoms with Gasteiger partial charge in [0.15, 0.2) is 0 Å². The molecule has 1 unspecified atom stereocenters. The predicted octanol–water partition coefficient (Wildman–Crippen LogP) is 0.634. The first-order valence-electron chi connectivity index (χ1n) is 6.16. The highest BCUT2D eigenvalue weighted by Gasteiger charge is 2.27. The number of rotatable bonds is 3. The number of hydrogen-bond acceptors (Lipinski definition) is 3. The van der Waals surface area contributed by atoms with Crippen molar-refractivity contribution in [2.75, 3.05) is 20.1 Å². The summed E-state index contributed by atoms with van der Waals surface area (Å²) in [6, 6.07) is 0.321. The number of nitrogens with one attached hydrogen (secondary N) is 1. The average Bonchev–Trinajstić information content (AvgIpc) is 2.76. The number of likely N-dealkylation sites (N-methyl/N-ethyl adjacent to an activating group) is 1. The summed E-state index contributed by atoms with van der Waals surface area (Å²) in [6.45, 7) is 1.73. The Labute approximate surface area is 102 Å². The maximum atomic E-state index is 12.3. The Morgan fingerprint density at radius 2 is 2.41 bits per heavy atom. The minimum atomic E-state index is 0.109. The molecule has 1 atom stereocenters. The van der Waals surface area contributed by atoms with Crippen molar-refractivity contribution in [1.82, 2.24) is 20.0 Å². The first-order valence-corrected chi connectivity index (χ1v) is 6.16. The lowest BCUT2D eigenvalue weighted by molar-refractivity contribution is 0.0615. The van der Waals surface area contributed by atoms with Crippen LogP contribution in [0.4, 0.5) is 0 Å². The van der Waals surface area contributed by atoms with Crippen LogP contribution in [-0.4, -0.2) is 46.8 Å². The van der Waals surface area contributed by atoms with E-state index >= 15 is 0 Å². The van der Waals surface area contributed by atoms with Gasteiger partial charge in [0.1, 0.15) is 0 Å². The number of aromatic nitrogens is 2. The summed E-state index contributed by atoms with van der Waals surface area (Å²) >= 11 is 0. The molecule has 0 bridgehead atoms. The monoisotopic (exact) mass is 236 g/mol. The Kier molecular flexibility index (Phi) is 3.78. The molecule has 1 fully saturated rings. The van der Waals surface area contributed by atoms with E-state index in [1.165, 1.54) is 6.42 Å².